The lowest BCUT2D eigenvalue weighted by Gasteiger charge is -2.34. The molecule has 3 N–H and O–H groups in total. The number of carbonyl (C=O) groups is 2. The minimum Gasteiger partial charge on any atom is -0.508 e. The van der Waals surface area contributed by atoms with Crippen LogP contribution in [-0.2, 0) is 22.6 Å². The zero-order valence-corrected chi connectivity index (χ0v) is 16.3. The summed E-state index contributed by atoms with van der Waals surface area (Å²) in [4.78, 5) is 27.2. The normalized spacial score (nSPS) is 23.6. The Morgan fingerprint density at radius 1 is 1.10 bits per heavy atom. The molecule has 0 bridgehead atoms. The maximum Gasteiger partial charge on any atom is 0.246 e. The molecule has 0 aromatic heterocycles. The van der Waals surface area contributed by atoms with Crippen LogP contribution < -0.4 is 15.4 Å². The zero-order valence-electron chi connectivity index (χ0n) is 16.3. The zero-order chi connectivity index (χ0) is 20.4. The van der Waals surface area contributed by atoms with E-state index in [9.17, 15) is 14.7 Å². The molecule has 2 saturated heterocycles. The minimum absolute atomic E-state index is 0.0450. The number of hydrogen-bond acceptors (Lipinski definition) is 5. The predicted octanol–water partition coefficient (Wildman–Crippen LogP) is 1.20. The number of fused-ring (bicyclic) bond motifs is 1. The Hall–Kier alpha value is -3.06. The van der Waals surface area contributed by atoms with Crippen molar-refractivity contribution in [3.05, 3.63) is 59.7 Å². The van der Waals surface area contributed by atoms with Gasteiger partial charge in [0.1, 0.15) is 23.6 Å². The Bertz CT molecular complexity index is 882. The van der Waals surface area contributed by atoms with Gasteiger partial charge in [0.05, 0.1) is 7.11 Å². The summed E-state index contributed by atoms with van der Waals surface area (Å²) in [5.41, 5.74) is 2.02. The Balaban J connectivity index is 1.36. The van der Waals surface area contributed by atoms with Gasteiger partial charge in [0.15, 0.2) is 0 Å². The number of aromatic hydroxyl groups is 1. The van der Waals surface area contributed by atoms with Gasteiger partial charge in [0.25, 0.3) is 0 Å². The molecule has 2 aliphatic rings. The SMILES string of the molecule is COc1ccc(CN[C@H]2C[C@H]3C(=O)N[C@@H](Cc4ccc(O)cc4)C(=O)N3C2)cc1. The number of nitrogens with one attached hydrogen (secondary N) is 2. The van der Waals surface area contributed by atoms with Crippen molar-refractivity contribution in [2.45, 2.75) is 37.5 Å². The molecule has 152 valence electrons. The van der Waals surface area contributed by atoms with Gasteiger partial charge in [-0.15, -0.1) is 0 Å². The first-order chi connectivity index (χ1) is 14.0. The lowest BCUT2D eigenvalue weighted by molar-refractivity contribution is -0.147. The van der Waals surface area contributed by atoms with E-state index in [2.05, 4.69) is 10.6 Å². The van der Waals surface area contributed by atoms with Gasteiger partial charge in [-0.25, -0.2) is 0 Å². The number of benzene rings is 2. The van der Waals surface area contributed by atoms with Crippen LogP contribution in [0, 0.1) is 0 Å². The van der Waals surface area contributed by atoms with Crippen molar-refractivity contribution in [1.82, 2.24) is 15.5 Å². The summed E-state index contributed by atoms with van der Waals surface area (Å²) in [6, 6.07) is 13.6. The van der Waals surface area contributed by atoms with E-state index in [0.717, 1.165) is 16.9 Å². The fraction of sp³-hybridized carbons (Fsp3) is 0.364. The first-order valence-corrected chi connectivity index (χ1v) is 9.78. The smallest absolute Gasteiger partial charge is 0.246 e. The van der Waals surface area contributed by atoms with Gasteiger partial charge >= 0.3 is 0 Å². The summed E-state index contributed by atoms with van der Waals surface area (Å²) in [7, 11) is 1.64. The van der Waals surface area contributed by atoms with E-state index in [4.69, 9.17) is 4.74 Å². The summed E-state index contributed by atoms with van der Waals surface area (Å²) in [6.45, 7) is 1.20. The van der Waals surface area contributed by atoms with E-state index in [1.807, 2.05) is 24.3 Å². The maximum absolute atomic E-state index is 12.9. The summed E-state index contributed by atoms with van der Waals surface area (Å²) >= 11 is 0. The molecule has 2 heterocycles. The molecular formula is C22H25N3O4. The number of phenols is 1. The van der Waals surface area contributed by atoms with Crippen molar-refractivity contribution >= 4 is 11.8 Å². The van der Waals surface area contributed by atoms with E-state index in [-0.39, 0.29) is 23.6 Å². The van der Waals surface area contributed by atoms with Gasteiger partial charge in [-0.1, -0.05) is 24.3 Å². The Morgan fingerprint density at radius 2 is 1.79 bits per heavy atom. The van der Waals surface area contributed by atoms with E-state index in [0.29, 0.717) is 25.9 Å². The largest absolute Gasteiger partial charge is 0.508 e. The van der Waals surface area contributed by atoms with E-state index in [1.54, 1.807) is 36.3 Å². The number of nitrogens with zero attached hydrogens (tertiary/aromatic N) is 1. The Labute approximate surface area is 169 Å². The first kappa shape index (κ1) is 19.3. The van der Waals surface area contributed by atoms with Crippen molar-refractivity contribution in [3.63, 3.8) is 0 Å². The Morgan fingerprint density at radius 3 is 2.48 bits per heavy atom. The second kappa shape index (κ2) is 8.13. The molecule has 7 nitrogen and oxygen atoms in total. The highest BCUT2D eigenvalue weighted by atomic mass is 16.5. The molecule has 2 aromatic carbocycles. The average molecular weight is 395 g/mol. The fourth-order valence-electron chi connectivity index (χ4n) is 4.02. The standard InChI is InChI=1S/C22H25N3O4/c1-29-18-8-4-15(5-9-18)12-23-16-11-20-21(27)24-19(22(28)25(20)13-16)10-14-2-6-17(26)7-3-14/h2-9,16,19-20,23,26H,10-13H2,1H3,(H,24,27)/t16-,19-,20-/m0/s1. The molecule has 7 heteroatoms. The van der Waals surface area contributed by atoms with Crippen LogP contribution in [0.2, 0.25) is 0 Å². The quantitative estimate of drug-likeness (QED) is 0.684. The maximum atomic E-state index is 12.9. The molecule has 2 aromatic rings. The molecule has 2 amide bonds. The van der Waals surface area contributed by atoms with Crippen LogP contribution in [0.4, 0.5) is 0 Å². The predicted molar refractivity (Wildman–Crippen MR) is 107 cm³/mol. The molecule has 0 saturated carbocycles. The topological polar surface area (TPSA) is 90.9 Å². The molecule has 4 rings (SSSR count). The van der Waals surface area contributed by atoms with E-state index >= 15 is 0 Å². The fourth-order valence-corrected chi connectivity index (χ4v) is 4.02. The summed E-state index contributed by atoms with van der Waals surface area (Å²) < 4.78 is 5.17. The van der Waals surface area contributed by atoms with Crippen LogP contribution in [0.5, 0.6) is 11.5 Å². The molecule has 0 aliphatic carbocycles. The second-order valence-corrected chi connectivity index (χ2v) is 7.60. The molecule has 29 heavy (non-hydrogen) atoms. The van der Waals surface area contributed by atoms with Crippen LogP contribution in [0.15, 0.2) is 48.5 Å². The number of piperazine rings is 1. The monoisotopic (exact) mass is 395 g/mol. The molecule has 0 radical (unpaired) electrons. The molecule has 3 atom stereocenters. The van der Waals surface area contributed by atoms with Crippen LogP contribution >= 0.6 is 0 Å². The lowest BCUT2D eigenvalue weighted by Crippen LogP contribution is -2.61. The van der Waals surface area contributed by atoms with Crippen molar-refractivity contribution in [3.8, 4) is 11.5 Å². The third-order valence-corrected chi connectivity index (χ3v) is 5.63. The molecule has 0 spiro atoms. The van der Waals surface area contributed by atoms with Crippen LogP contribution in [0.25, 0.3) is 0 Å². The van der Waals surface area contributed by atoms with Crippen LogP contribution in [0.1, 0.15) is 17.5 Å². The molecular weight excluding hydrogens is 370 g/mol. The second-order valence-electron chi connectivity index (χ2n) is 7.60. The molecule has 2 aliphatic heterocycles. The third-order valence-electron chi connectivity index (χ3n) is 5.63. The lowest BCUT2D eigenvalue weighted by atomic mass is 10.0. The van der Waals surface area contributed by atoms with Gasteiger partial charge in [-0.3, -0.25) is 9.59 Å². The summed E-state index contributed by atoms with van der Waals surface area (Å²) in [6.07, 6.45) is 1.03. The highest BCUT2D eigenvalue weighted by Crippen LogP contribution is 2.24. The molecule has 2 fully saturated rings. The number of phenolic OH excluding ortho intramolecular Hbond substituents is 1. The Kier molecular flexibility index (Phi) is 5.40. The minimum atomic E-state index is -0.566. The van der Waals surface area contributed by atoms with Crippen LogP contribution in [0.3, 0.4) is 0 Å². The highest BCUT2D eigenvalue weighted by molar-refractivity contribution is 5.97. The summed E-state index contributed by atoms with van der Waals surface area (Å²) in [5.74, 6) is 0.852. The van der Waals surface area contributed by atoms with E-state index < -0.39 is 12.1 Å². The number of rotatable bonds is 6. The third kappa shape index (κ3) is 4.19. The highest BCUT2D eigenvalue weighted by Gasteiger charge is 2.46. The van der Waals surface area contributed by atoms with Gasteiger partial charge in [-0.05, 0) is 41.8 Å². The van der Waals surface area contributed by atoms with Gasteiger partial charge in [0.2, 0.25) is 11.8 Å². The number of hydrogen-bond donors (Lipinski definition) is 3. The van der Waals surface area contributed by atoms with Crippen molar-refractivity contribution < 1.29 is 19.4 Å². The van der Waals surface area contributed by atoms with Gasteiger partial charge in [-0.2, -0.15) is 0 Å². The van der Waals surface area contributed by atoms with Crippen LogP contribution in [-0.4, -0.2) is 53.6 Å². The number of ether oxygens (including phenoxy) is 1. The van der Waals surface area contributed by atoms with Crippen molar-refractivity contribution in [2.75, 3.05) is 13.7 Å². The number of amides is 2. The number of carbonyl (C=O) groups excluding carboxylic acids is 2. The van der Waals surface area contributed by atoms with Gasteiger partial charge < -0.3 is 25.4 Å². The first-order valence-electron chi connectivity index (χ1n) is 9.78. The number of methoxy groups -OCH3 is 1. The average Bonchev–Trinajstić information content (AvgIpc) is 3.17. The van der Waals surface area contributed by atoms with E-state index in [1.165, 1.54) is 0 Å². The summed E-state index contributed by atoms with van der Waals surface area (Å²) in [5, 5.41) is 15.7. The molecule has 0 unspecified atom stereocenters. The van der Waals surface area contributed by atoms with Crippen molar-refractivity contribution in [2.24, 2.45) is 0 Å². The van der Waals surface area contributed by atoms with Crippen molar-refractivity contribution in [1.29, 1.82) is 0 Å². The van der Waals surface area contributed by atoms with Gasteiger partial charge in [0, 0.05) is 25.6 Å².